The molecule has 1 heterocycles. The molecular formula is C11H14N2O4S. The van der Waals surface area contributed by atoms with E-state index >= 15 is 0 Å². The lowest BCUT2D eigenvalue weighted by Gasteiger charge is -2.21. The predicted octanol–water partition coefficient (Wildman–Crippen LogP) is 2.00. The summed E-state index contributed by atoms with van der Waals surface area (Å²) in [5, 5.41) is 10.8. The second-order valence-corrected chi connectivity index (χ2v) is 7.05. The Balaban J connectivity index is 2.75. The van der Waals surface area contributed by atoms with Gasteiger partial charge < -0.3 is 0 Å². The van der Waals surface area contributed by atoms with E-state index in [4.69, 9.17) is 0 Å². The van der Waals surface area contributed by atoms with Crippen LogP contribution in [0, 0.1) is 10.1 Å². The van der Waals surface area contributed by atoms with E-state index in [1.807, 2.05) is 0 Å². The Kier molecular flexibility index (Phi) is 2.62. The predicted molar refractivity (Wildman–Crippen MR) is 68.1 cm³/mol. The first kappa shape index (κ1) is 12.8. The van der Waals surface area contributed by atoms with Crippen molar-refractivity contribution >= 4 is 21.4 Å². The van der Waals surface area contributed by atoms with Gasteiger partial charge in [-0.3, -0.25) is 14.4 Å². The second kappa shape index (κ2) is 3.68. The van der Waals surface area contributed by atoms with Gasteiger partial charge in [-0.2, -0.15) is 0 Å². The number of benzene rings is 1. The maximum Gasteiger partial charge on any atom is 0.269 e. The summed E-state index contributed by atoms with van der Waals surface area (Å²) in [5.41, 5.74) is 0.932. The van der Waals surface area contributed by atoms with Gasteiger partial charge in [0.25, 0.3) is 5.69 Å². The summed E-state index contributed by atoms with van der Waals surface area (Å²) in [6.07, 6.45) is 0. The zero-order chi connectivity index (χ0) is 13.7. The molecule has 6 nitrogen and oxygen atoms in total. The molecule has 1 aliphatic rings. The van der Waals surface area contributed by atoms with Crippen LogP contribution in [-0.4, -0.2) is 19.9 Å². The minimum atomic E-state index is -3.51. The van der Waals surface area contributed by atoms with Crippen molar-refractivity contribution < 1.29 is 13.3 Å². The fraction of sp³-hybridized carbons (Fsp3) is 0.455. The highest BCUT2D eigenvalue weighted by Gasteiger charge is 2.49. The maximum atomic E-state index is 12.3. The summed E-state index contributed by atoms with van der Waals surface area (Å²) in [5.74, 6) is 0. The van der Waals surface area contributed by atoms with Gasteiger partial charge in [0.1, 0.15) is 4.75 Å². The van der Waals surface area contributed by atoms with Crippen molar-refractivity contribution in [3.05, 3.63) is 33.9 Å². The van der Waals surface area contributed by atoms with Gasteiger partial charge in [-0.05, 0) is 26.8 Å². The number of rotatable bonds is 2. The van der Waals surface area contributed by atoms with Crippen molar-refractivity contribution in [3.63, 3.8) is 0 Å². The molecule has 2 rings (SSSR count). The fourth-order valence-electron chi connectivity index (χ4n) is 2.22. The molecule has 1 aliphatic heterocycles. The van der Waals surface area contributed by atoms with Crippen LogP contribution in [0.2, 0.25) is 0 Å². The van der Waals surface area contributed by atoms with Crippen LogP contribution in [0.4, 0.5) is 11.4 Å². The lowest BCUT2D eigenvalue weighted by atomic mass is 9.99. The monoisotopic (exact) mass is 270 g/mol. The van der Waals surface area contributed by atoms with Crippen LogP contribution in [0.15, 0.2) is 18.2 Å². The standard InChI is InChI=1S/C11H14N2O4S/c1-4-12-10-6-5-8(13(14)15)7-9(10)11(2,3)18(12,16)17/h5-7H,4H2,1-3H3. The van der Waals surface area contributed by atoms with E-state index in [9.17, 15) is 18.5 Å². The first-order chi connectivity index (χ1) is 8.23. The Bertz CT molecular complexity index is 622. The minimum absolute atomic E-state index is 0.0880. The molecular weight excluding hydrogens is 256 g/mol. The molecule has 1 aromatic rings. The average Bonchev–Trinajstić information content (AvgIpc) is 2.43. The number of nitro benzene ring substituents is 1. The Labute approximate surface area is 105 Å². The van der Waals surface area contributed by atoms with Gasteiger partial charge in [0, 0.05) is 24.2 Å². The third-order valence-electron chi connectivity index (χ3n) is 3.33. The molecule has 0 radical (unpaired) electrons. The first-order valence-electron chi connectivity index (χ1n) is 5.54. The largest absolute Gasteiger partial charge is 0.269 e. The third-order valence-corrected chi connectivity index (χ3v) is 5.88. The number of sulfonamides is 1. The van der Waals surface area contributed by atoms with E-state index in [1.165, 1.54) is 22.5 Å². The lowest BCUT2D eigenvalue weighted by molar-refractivity contribution is -0.384. The van der Waals surface area contributed by atoms with Crippen LogP contribution >= 0.6 is 0 Å². The van der Waals surface area contributed by atoms with Gasteiger partial charge in [0.2, 0.25) is 10.0 Å². The van der Waals surface area contributed by atoms with Crippen molar-refractivity contribution in [3.8, 4) is 0 Å². The minimum Gasteiger partial charge on any atom is -0.269 e. The van der Waals surface area contributed by atoms with Gasteiger partial charge in [-0.15, -0.1) is 0 Å². The van der Waals surface area contributed by atoms with Crippen LogP contribution in [-0.2, 0) is 14.8 Å². The van der Waals surface area contributed by atoms with Crippen molar-refractivity contribution in [2.24, 2.45) is 0 Å². The van der Waals surface area contributed by atoms with E-state index < -0.39 is 19.7 Å². The molecule has 0 bridgehead atoms. The van der Waals surface area contributed by atoms with Gasteiger partial charge in [0.15, 0.2) is 0 Å². The summed E-state index contributed by atoms with van der Waals surface area (Å²) in [6, 6.07) is 4.18. The van der Waals surface area contributed by atoms with Crippen LogP contribution in [0.25, 0.3) is 0 Å². The smallest absolute Gasteiger partial charge is 0.269 e. The maximum absolute atomic E-state index is 12.3. The molecule has 98 valence electrons. The number of nitrogens with zero attached hydrogens (tertiary/aromatic N) is 2. The molecule has 0 saturated heterocycles. The van der Waals surface area contributed by atoms with Gasteiger partial charge in [-0.25, -0.2) is 8.42 Å². The van der Waals surface area contributed by atoms with Crippen molar-refractivity contribution in [2.45, 2.75) is 25.5 Å². The molecule has 0 amide bonds. The molecule has 0 N–H and O–H groups in total. The molecule has 0 unspecified atom stereocenters. The van der Waals surface area contributed by atoms with Crippen LogP contribution < -0.4 is 4.31 Å². The Morgan fingerprint density at radius 3 is 2.50 bits per heavy atom. The zero-order valence-corrected chi connectivity index (χ0v) is 11.2. The van der Waals surface area contributed by atoms with Gasteiger partial charge in [0.05, 0.1) is 10.6 Å². The highest BCUT2D eigenvalue weighted by atomic mass is 32.2. The summed E-state index contributed by atoms with van der Waals surface area (Å²) < 4.78 is 24.8. The van der Waals surface area contributed by atoms with E-state index in [0.29, 0.717) is 17.8 Å². The number of anilines is 1. The molecule has 1 aromatic carbocycles. The molecule has 0 aliphatic carbocycles. The van der Waals surface area contributed by atoms with E-state index in [1.54, 1.807) is 20.8 Å². The van der Waals surface area contributed by atoms with Crippen molar-refractivity contribution in [1.82, 2.24) is 0 Å². The number of hydrogen-bond donors (Lipinski definition) is 0. The number of non-ortho nitro benzene ring substituents is 1. The average molecular weight is 270 g/mol. The summed E-state index contributed by atoms with van der Waals surface area (Å²) in [6.45, 7) is 5.20. The van der Waals surface area contributed by atoms with Crippen LogP contribution in [0.1, 0.15) is 26.3 Å². The quantitative estimate of drug-likeness (QED) is 0.608. The number of nitro groups is 1. The molecule has 0 saturated carbocycles. The number of fused-ring (bicyclic) bond motifs is 1. The van der Waals surface area contributed by atoms with E-state index in [2.05, 4.69) is 0 Å². The van der Waals surface area contributed by atoms with Gasteiger partial charge in [-0.1, -0.05) is 0 Å². The molecule has 18 heavy (non-hydrogen) atoms. The first-order valence-corrected chi connectivity index (χ1v) is 6.98. The van der Waals surface area contributed by atoms with E-state index in [0.717, 1.165) is 0 Å². The van der Waals surface area contributed by atoms with E-state index in [-0.39, 0.29) is 5.69 Å². The zero-order valence-electron chi connectivity index (χ0n) is 10.4. The Morgan fingerprint density at radius 1 is 1.39 bits per heavy atom. The fourth-order valence-corrected chi connectivity index (χ4v) is 3.97. The number of hydrogen-bond acceptors (Lipinski definition) is 4. The third kappa shape index (κ3) is 1.43. The Hall–Kier alpha value is -1.63. The van der Waals surface area contributed by atoms with Crippen LogP contribution in [0.3, 0.4) is 0 Å². The summed E-state index contributed by atoms with van der Waals surface area (Å²) >= 11 is 0. The van der Waals surface area contributed by atoms with Crippen LogP contribution in [0.5, 0.6) is 0 Å². The molecule has 0 aromatic heterocycles. The molecule has 0 atom stereocenters. The molecule has 7 heteroatoms. The SMILES string of the molecule is CCN1c2ccc([N+](=O)[O-])cc2C(C)(C)S1(=O)=O. The molecule has 0 spiro atoms. The Morgan fingerprint density at radius 2 is 2.00 bits per heavy atom. The highest BCUT2D eigenvalue weighted by molar-refractivity contribution is 7.94. The lowest BCUT2D eigenvalue weighted by Crippen LogP contribution is -2.35. The summed E-state index contributed by atoms with van der Waals surface area (Å²) in [4.78, 5) is 10.3. The summed E-state index contributed by atoms with van der Waals surface area (Å²) in [7, 11) is -3.51. The second-order valence-electron chi connectivity index (χ2n) is 4.64. The van der Waals surface area contributed by atoms with Gasteiger partial charge >= 0.3 is 0 Å². The normalized spacial score (nSPS) is 19.6. The van der Waals surface area contributed by atoms with Crippen molar-refractivity contribution in [1.29, 1.82) is 0 Å². The highest BCUT2D eigenvalue weighted by Crippen LogP contribution is 2.47. The topological polar surface area (TPSA) is 80.5 Å². The molecule has 0 fully saturated rings. The van der Waals surface area contributed by atoms with Crippen molar-refractivity contribution in [2.75, 3.05) is 10.8 Å².